The fourth-order valence-corrected chi connectivity index (χ4v) is 2.78. The quantitative estimate of drug-likeness (QED) is 0.755. The third kappa shape index (κ3) is 3.30. The van der Waals surface area contributed by atoms with Crippen LogP contribution in [0.4, 0.5) is 0 Å². The molecule has 2 aromatic heterocycles. The van der Waals surface area contributed by atoms with Crippen LogP contribution in [0.25, 0.3) is 5.78 Å². The summed E-state index contributed by atoms with van der Waals surface area (Å²) in [5.41, 5.74) is 2.52. The highest BCUT2D eigenvalue weighted by atomic mass is 16.5. The van der Waals surface area contributed by atoms with E-state index < -0.39 is 0 Å². The Morgan fingerprint density at radius 1 is 1.15 bits per heavy atom. The minimum Gasteiger partial charge on any atom is -0.497 e. The van der Waals surface area contributed by atoms with Crippen molar-refractivity contribution in [2.45, 2.75) is 26.8 Å². The average Bonchev–Trinajstić information content (AvgIpc) is 3.05. The van der Waals surface area contributed by atoms with Crippen LogP contribution in [0, 0.1) is 13.8 Å². The highest BCUT2D eigenvalue weighted by Crippen LogP contribution is 2.29. The van der Waals surface area contributed by atoms with E-state index in [4.69, 9.17) is 9.47 Å². The van der Waals surface area contributed by atoms with Gasteiger partial charge in [-0.05, 0) is 39.0 Å². The maximum Gasteiger partial charge on any atom is 0.291 e. The van der Waals surface area contributed by atoms with Crippen molar-refractivity contribution in [3.05, 3.63) is 47.0 Å². The Kier molecular flexibility index (Phi) is 4.75. The lowest BCUT2D eigenvalue weighted by molar-refractivity contribution is 0.0929. The van der Waals surface area contributed by atoms with Gasteiger partial charge in [-0.2, -0.15) is 4.98 Å². The number of amides is 1. The Bertz CT molecular complexity index is 967. The predicted molar refractivity (Wildman–Crippen MR) is 95.7 cm³/mol. The number of fused-ring (bicyclic) bond motifs is 1. The molecule has 0 aliphatic rings. The molecule has 0 bridgehead atoms. The van der Waals surface area contributed by atoms with Crippen LogP contribution >= 0.6 is 0 Å². The van der Waals surface area contributed by atoms with Gasteiger partial charge in [-0.3, -0.25) is 4.79 Å². The summed E-state index contributed by atoms with van der Waals surface area (Å²) < 4.78 is 12.2. The Morgan fingerprint density at radius 3 is 2.62 bits per heavy atom. The van der Waals surface area contributed by atoms with Gasteiger partial charge in [0.05, 0.1) is 20.3 Å². The summed E-state index contributed by atoms with van der Waals surface area (Å²) in [5.74, 6) is 1.42. The lowest BCUT2D eigenvalue weighted by atomic mass is 10.1. The Balaban J connectivity index is 1.85. The normalized spacial score (nSPS) is 12.0. The van der Waals surface area contributed by atoms with Crippen LogP contribution < -0.4 is 14.8 Å². The van der Waals surface area contributed by atoms with Gasteiger partial charge in [0.2, 0.25) is 5.82 Å². The van der Waals surface area contributed by atoms with Gasteiger partial charge >= 0.3 is 0 Å². The molecular weight excluding hydrogens is 334 g/mol. The van der Waals surface area contributed by atoms with E-state index in [1.807, 2.05) is 39.0 Å². The zero-order chi connectivity index (χ0) is 18.8. The zero-order valence-electron chi connectivity index (χ0n) is 15.4. The molecule has 136 valence electrons. The number of hydrogen-bond acceptors (Lipinski definition) is 6. The molecule has 0 saturated heterocycles. The second-order valence-corrected chi connectivity index (χ2v) is 5.99. The lowest BCUT2D eigenvalue weighted by Gasteiger charge is -2.17. The Morgan fingerprint density at radius 2 is 1.92 bits per heavy atom. The van der Waals surface area contributed by atoms with Crippen LogP contribution in [0.5, 0.6) is 11.5 Å². The summed E-state index contributed by atoms with van der Waals surface area (Å²) in [6.07, 6.45) is 0. The van der Waals surface area contributed by atoms with Gasteiger partial charge in [0.15, 0.2) is 0 Å². The molecule has 3 rings (SSSR count). The molecule has 0 saturated carbocycles. The van der Waals surface area contributed by atoms with Crippen LogP contribution in [0.15, 0.2) is 24.3 Å². The molecule has 1 amide bonds. The third-order valence-electron chi connectivity index (χ3n) is 4.08. The van der Waals surface area contributed by atoms with Crippen molar-refractivity contribution < 1.29 is 14.3 Å². The summed E-state index contributed by atoms with van der Waals surface area (Å²) in [6.45, 7) is 5.63. The smallest absolute Gasteiger partial charge is 0.291 e. The number of rotatable bonds is 5. The summed E-state index contributed by atoms with van der Waals surface area (Å²) in [4.78, 5) is 21.1. The van der Waals surface area contributed by atoms with E-state index in [0.29, 0.717) is 17.3 Å². The fourth-order valence-electron chi connectivity index (χ4n) is 2.78. The van der Waals surface area contributed by atoms with Crippen molar-refractivity contribution in [3.8, 4) is 11.5 Å². The van der Waals surface area contributed by atoms with Crippen LogP contribution in [0.2, 0.25) is 0 Å². The van der Waals surface area contributed by atoms with Gasteiger partial charge < -0.3 is 14.8 Å². The molecule has 0 aliphatic heterocycles. The standard InChI is InChI=1S/C18H21N5O3/c1-10-8-11(2)23-18(19-10)21-16(22-23)17(24)20-12(3)14-7-6-13(25-4)9-15(14)26-5/h6-9,12H,1-5H3,(H,20,24). The lowest BCUT2D eigenvalue weighted by Crippen LogP contribution is -2.28. The van der Waals surface area contributed by atoms with Crippen LogP contribution in [-0.4, -0.2) is 39.7 Å². The maximum atomic E-state index is 12.6. The molecule has 0 spiro atoms. The van der Waals surface area contributed by atoms with Crippen molar-refractivity contribution >= 4 is 11.7 Å². The molecule has 1 N–H and O–H groups in total. The van der Waals surface area contributed by atoms with Gasteiger partial charge in [-0.15, -0.1) is 5.10 Å². The molecule has 8 nitrogen and oxygen atoms in total. The zero-order valence-corrected chi connectivity index (χ0v) is 15.4. The van der Waals surface area contributed by atoms with Crippen LogP contribution in [0.1, 0.15) is 40.5 Å². The van der Waals surface area contributed by atoms with E-state index in [-0.39, 0.29) is 17.8 Å². The Labute approximate surface area is 151 Å². The maximum absolute atomic E-state index is 12.6. The fraction of sp³-hybridized carbons (Fsp3) is 0.333. The first-order valence-corrected chi connectivity index (χ1v) is 8.16. The average molecular weight is 355 g/mol. The molecule has 1 unspecified atom stereocenters. The number of carbonyl (C=O) groups is 1. The first-order valence-electron chi connectivity index (χ1n) is 8.16. The molecule has 0 fully saturated rings. The number of benzene rings is 1. The highest BCUT2D eigenvalue weighted by molar-refractivity contribution is 5.91. The SMILES string of the molecule is COc1ccc(C(C)NC(=O)c2nc3nc(C)cc(C)n3n2)c(OC)c1. The molecule has 1 aromatic carbocycles. The topological polar surface area (TPSA) is 90.6 Å². The minimum absolute atomic E-state index is 0.0746. The second kappa shape index (κ2) is 6.99. The first-order chi connectivity index (χ1) is 12.4. The van der Waals surface area contributed by atoms with E-state index in [0.717, 1.165) is 17.0 Å². The van der Waals surface area contributed by atoms with Gasteiger partial charge in [0.25, 0.3) is 11.7 Å². The largest absolute Gasteiger partial charge is 0.497 e. The molecule has 0 radical (unpaired) electrons. The van der Waals surface area contributed by atoms with E-state index in [1.165, 1.54) is 0 Å². The van der Waals surface area contributed by atoms with Gasteiger partial charge in [0, 0.05) is 23.0 Å². The van der Waals surface area contributed by atoms with E-state index >= 15 is 0 Å². The third-order valence-corrected chi connectivity index (χ3v) is 4.08. The minimum atomic E-state index is -0.377. The highest BCUT2D eigenvalue weighted by Gasteiger charge is 2.20. The van der Waals surface area contributed by atoms with Gasteiger partial charge in [-0.25, -0.2) is 9.50 Å². The molecule has 1 atom stereocenters. The van der Waals surface area contributed by atoms with Crippen LogP contribution in [0.3, 0.4) is 0 Å². The summed E-state index contributed by atoms with van der Waals surface area (Å²) in [5, 5.41) is 7.14. The molecule has 26 heavy (non-hydrogen) atoms. The predicted octanol–water partition coefficient (Wildman–Crippen LogP) is 2.25. The van der Waals surface area contributed by atoms with E-state index in [1.54, 1.807) is 24.8 Å². The molecule has 8 heteroatoms. The molecular formula is C18H21N5O3. The number of hydrogen-bond donors (Lipinski definition) is 1. The van der Waals surface area contributed by atoms with E-state index in [9.17, 15) is 4.79 Å². The van der Waals surface area contributed by atoms with Crippen LogP contribution in [-0.2, 0) is 0 Å². The van der Waals surface area contributed by atoms with Gasteiger partial charge in [-0.1, -0.05) is 0 Å². The number of nitrogens with zero attached hydrogens (tertiary/aromatic N) is 4. The molecule has 0 aliphatic carbocycles. The molecule has 3 aromatic rings. The Hall–Kier alpha value is -3.16. The summed E-state index contributed by atoms with van der Waals surface area (Å²) in [7, 11) is 3.17. The van der Waals surface area contributed by atoms with Crippen molar-refractivity contribution in [1.82, 2.24) is 24.9 Å². The van der Waals surface area contributed by atoms with Crippen molar-refractivity contribution in [3.63, 3.8) is 0 Å². The molecule has 2 heterocycles. The number of aryl methyl sites for hydroxylation is 2. The first kappa shape index (κ1) is 17.7. The number of methoxy groups -OCH3 is 2. The number of nitrogens with one attached hydrogen (secondary N) is 1. The summed E-state index contributed by atoms with van der Waals surface area (Å²) in [6, 6.07) is 7.03. The number of carbonyl (C=O) groups excluding carboxylic acids is 1. The van der Waals surface area contributed by atoms with E-state index in [2.05, 4.69) is 20.4 Å². The van der Waals surface area contributed by atoms with Crippen molar-refractivity contribution in [2.75, 3.05) is 14.2 Å². The van der Waals surface area contributed by atoms with Gasteiger partial charge in [0.1, 0.15) is 11.5 Å². The summed E-state index contributed by atoms with van der Waals surface area (Å²) >= 11 is 0. The second-order valence-electron chi connectivity index (χ2n) is 5.99. The van der Waals surface area contributed by atoms with Crippen molar-refractivity contribution in [1.29, 1.82) is 0 Å². The monoisotopic (exact) mass is 355 g/mol. The number of aromatic nitrogens is 4. The number of ether oxygens (including phenoxy) is 2. The van der Waals surface area contributed by atoms with Crippen molar-refractivity contribution in [2.24, 2.45) is 0 Å².